The molecule has 1 aromatic heterocycles. The number of aromatic nitrogens is 2. The molecule has 0 radical (unpaired) electrons. The van der Waals surface area contributed by atoms with Crippen LogP contribution in [-0.2, 0) is 0 Å². The van der Waals surface area contributed by atoms with Gasteiger partial charge in [0.1, 0.15) is 5.82 Å². The van der Waals surface area contributed by atoms with E-state index < -0.39 is 0 Å². The third kappa shape index (κ3) is 2.55. The molecule has 0 saturated heterocycles. The molecule has 2 N–H and O–H groups in total. The highest BCUT2D eigenvalue weighted by atomic mass is 35.5. The summed E-state index contributed by atoms with van der Waals surface area (Å²) in [6.45, 7) is 4.28. The van der Waals surface area contributed by atoms with Gasteiger partial charge in [-0.1, -0.05) is 35.9 Å². The summed E-state index contributed by atoms with van der Waals surface area (Å²) in [5.41, 5.74) is 9.50. The number of nitrogens with zero attached hydrogens (tertiary/aromatic N) is 2. The summed E-state index contributed by atoms with van der Waals surface area (Å²) in [6.07, 6.45) is 0. The Labute approximate surface area is 129 Å². The number of para-hydroxylation sites is 2. The molecule has 3 nitrogen and oxygen atoms in total. The summed E-state index contributed by atoms with van der Waals surface area (Å²) >= 11 is 6.07. The van der Waals surface area contributed by atoms with Crippen molar-refractivity contribution < 1.29 is 0 Å². The monoisotopic (exact) mass is 299 g/mol. The van der Waals surface area contributed by atoms with Gasteiger partial charge in [-0.2, -0.15) is 0 Å². The highest BCUT2D eigenvalue weighted by Gasteiger charge is 2.20. The maximum Gasteiger partial charge on any atom is 0.131 e. The Morgan fingerprint density at radius 2 is 1.86 bits per heavy atom. The van der Waals surface area contributed by atoms with Crippen molar-refractivity contribution in [2.45, 2.75) is 25.9 Å². The van der Waals surface area contributed by atoms with Gasteiger partial charge in [-0.15, -0.1) is 0 Å². The van der Waals surface area contributed by atoms with Gasteiger partial charge in [-0.3, -0.25) is 0 Å². The molecule has 0 saturated carbocycles. The van der Waals surface area contributed by atoms with Crippen LogP contribution in [0.5, 0.6) is 0 Å². The Hall–Kier alpha value is -1.84. The number of hydrogen-bond donors (Lipinski definition) is 1. The number of rotatable bonds is 3. The second-order valence-electron chi connectivity index (χ2n) is 5.46. The van der Waals surface area contributed by atoms with Crippen LogP contribution in [0.25, 0.3) is 11.0 Å². The normalized spacial score (nSPS) is 13.0. The van der Waals surface area contributed by atoms with Crippen molar-refractivity contribution in [1.29, 1.82) is 0 Å². The van der Waals surface area contributed by atoms with Crippen LogP contribution < -0.4 is 5.73 Å². The SMILES string of the molecule is CC(C)n1c(C(N)c2cccc(Cl)c2)nc2ccccc21. The minimum atomic E-state index is -0.293. The molecule has 1 heterocycles. The molecule has 108 valence electrons. The summed E-state index contributed by atoms with van der Waals surface area (Å²) in [7, 11) is 0. The molecule has 0 bridgehead atoms. The van der Waals surface area contributed by atoms with Crippen LogP contribution in [0, 0.1) is 0 Å². The van der Waals surface area contributed by atoms with E-state index in [4.69, 9.17) is 22.3 Å². The lowest BCUT2D eigenvalue weighted by molar-refractivity contribution is 0.567. The fourth-order valence-electron chi connectivity index (χ4n) is 2.67. The Kier molecular flexibility index (Phi) is 3.70. The van der Waals surface area contributed by atoms with E-state index in [1.54, 1.807) is 0 Å². The van der Waals surface area contributed by atoms with E-state index in [1.807, 2.05) is 42.5 Å². The molecule has 4 heteroatoms. The van der Waals surface area contributed by atoms with Gasteiger partial charge in [0.05, 0.1) is 17.1 Å². The maximum atomic E-state index is 6.45. The first-order valence-electron chi connectivity index (χ1n) is 7.06. The molecule has 0 aliphatic heterocycles. The fourth-order valence-corrected chi connectivity index (χ4v) is 2.87. The zero-order chi connectivity index (χ0) is 15.0. The molecule has 0 spiro atoms. The van der Waals surface area contributed by atoms with E-state index in [0.717, 1.165) is 22.4 Å². The van der Waals surface area contributed by atoms with Gasteiger partial charge in [-0.05, 0) is 43.7 Å². The van der Waals surface area contributed by atoms with Crippen LogP contribution in [0.1, 0.15) is 37.3 Å². The van der Waals surface area contributed by atoms with E-state index in [-0.39, 0.29) is 12.1 Å². The van der Waals surface area contributed by atoms with E-state index in [0.29, 0.717) is 5.02 Å². The van der Waals surface area contributed by atoms with E-state index in [1.165, 1.54) is 0 Å². The highest BCUT2D eigenvalue weighted by molar-refractivity contribution is 6.30. The number of imidazole rings is 1. The number of halogens is 1. The van der Waals surface area contributed by atoms with E-state index in [9.17, 15) is 0 Å². The largest absolute Gasteiger partial charge is 0.324 e. The molecule has 0 amide bonds. The zero-order valence-electron chi connectivity index (χ0n) is 12.1. The van der Waals surface area contributed by atoms with Crippen LogP contribution in [0.15, 0.2) is 48.5 Å². The molecule has 0 fully saturated rings. The van der Waals surface area contributed by atoms with Gasteiger partial charge in [-0.25, -0.2) is 4.98 Å². The molecule has 1 atom stereocenters. The molecular formula is C17H18ClN3. The topological polar surface area (TPSA) is 43.8 Å². The van der Waals surface area contributed by atoms with Crippen molar-refractivity contribution >= 4 is 22.6 Å². The van der Waals surface area contributed by atoms with Gasteiger partial charge in [0, 0.05) is 11.1 Å². The Bertz CT molecular complexity index is 777. The van der Waals surface area contributed by atoms with Crippen molar-refractivity contribution in [2.24, 2.45) is 5.73 Å². The Balaban J connectivity index is 2.17. The first kappa shape index (κ1) is 14.1. The summed E-state index contributed by atoms with van der Waals surface area (Å²) in [5, 5.41) is 0.690. The summed E-state index contributed by atoms with van der Waals surface area (Å²) in [6, 6.07) is 15.8. The zero-order valence-corrected chi connectivity index (χ0v) is 12.9. The van der Waals surface area contributed by atoms with Gasteiger partial charge in [0.15, 0.2) is 0 Å². The first-order valence-corrected chi connectivity index (χ1v) is 7.43. The predicted octanol–water partition coefficient (Wildman–Crippen LogP) is 4.32. The fraction of sp³-hybridized carbons (Fsp3) is 0.235. The standard InChI is InChI=1S/C17H18ClN3/c1-11(2)21-15-9-4-3-8-14(15)20-17(21)16(19)12-6-5-7-13(18)10-12/h3-11,16H,19H2,1-2H3. The smallest absolute Gasteiger partial charge is 0.131 e. The van der Waals surface area contributed by atoms with Crippen LogP contribution in [-0.4, -0.2) is 9.55 Å². The average Bonchev–Trinajstić information content (AvgIpc) is 2.85. The molecule has 3 aromatic rings. The minimum Gasteiger partial charge on any atom is -0.324 e. The van der Waals surface area contributed by atoms with Crippen LogP contribution >= 0.6 is 11.6 Å². The van der Waals surface area contributed by atoms with Crippen LogP contribution in [0.2, 0.25) is 5.02 Å². The summed E-state index contributed by atoms with van der Waals surface area (Å²) in [4.78, 5) is 4.73. The van der Waals surface area contributed by atoms with Crippen LogP contribution in [0.4, 0.5) is 0 Å². The minimum absolute atomic E-state index is 0.289. The third-order valence-electron chi connectivity index (χ3n) is 3.63. The van der Waals surface area contributed by atoms with Crippen molar-refractivity contribution in [1.82, 2.24) is 9.55 Å². The molecule has 0 aliphatic rings. The van der Waals surface area contributed by atoms with Gasteiger partial charge < -0.3 is 10.3 Å². The Morgan fingerprint density at radius 3 is 2.57 bits per heavy atom. The lowest BCUT2D eigenvalue weighted by Gasteiger charge is -2.18. The van der Waals surface area contributed by atoms with Crippen molar-refractivity contribution in [3.05, 3.63) is 64.9 Å². The maximum absolute atomic E-state index is 6.45. The second-order valence-corrected chi connectivity index (χ2v) is 5.89. The van der Waals surface area contributed by atoms with Gasteiger partial charge >= 0.3 is 0 Å². The lowest BCUT2D eigenvalue weighted by Crippen LogP contribution is -2.19. The number of hydrogen-bond acceptors (Lipinski definition) is 2. The number of fused-ring (bicyclic) bond motifs is 1. The molecule has 1 unspecified atom stereocenters. The number of nitrogens with two attached hydrogens (primary N) is 1. The number of benzene rings is 2. The van der Waals surface area contributed by atoms with Gasteiger partial charge in [0.2, 0.25) is 0 Å². The third-order valence-corrected chi connectivity index (χ3v) is 3.86. The summed E-state index contributed by atoms with van der Waals surface area (Å²) in [5.74, 6) is 0.869. The van der Waals surface area contributed by atoms with E-state index in [2.05, 4.69) is 24.5 Å². The van der Waals surface area contributed by atoms with E-state index >= 15 is 0 Å². The molecule has 21 heavy (non-hydrogen) atoms. The van der Waals surface area contributed by atoms with Crippen molar-refractivity contribution in [3.8, 4) is 0 Å². The highest BCUT2D eigenvalue weighted by Crippen LogP contribution is 2.28. The molecule has 0 aliphatic carbocycles. The average molecular weight is 300 g/mol. The van der Waals surface area contributed by atoms with Crippen molar-refractivity contribution in [2.75, 3.05) is 0 Å². The van der Waals surface area contributed by atoms with Crippen molar-refractivity contribution in [3.63, 3.8) is 0 Å². The van der Waals surface area contributed by atoms with Gasteiger partial charge in [0.25, 0.3) is 0 Å². The molecule has 2 aromatic carbocycles. The second kappa shape index (κ2) is 5.51. The van der Waals surface area contributed by atoms with Crippen LogP contribution in [0.3, 0.4) is 0 Å². The predicted molar refractivity (Wildman–Crippen MR) is 87.6 cm³/mol. The first-order chi connectivity index (χ1) is 10.1. The summed E-state index contributed by atoms with van der Waals surface area (Å²) < 4.78 is 2.20. The lowest BCUT2D eigenvalue weighted by atomic mass is 10.1. The quantitative estimate of drug-likeness (QED) is 0.783. The molecular weight excluding hydrogens is 282 g/mol. The Morgan fingerprint density at radius 1 is 1.10 bits per heavy atom. The molecule has 3 rings (SSSR count).